The van der Waals surface area contributed by atoms with E-state index in [1.54, 1.807) is 11.0 Å². The van der Waals surface area contributed by atoms with E-state index < -0.39 is 0 Å². The van der Waals surface area contributed by atoms with Gasteiger partial charge in [-0.05, 0) is 48.8 Å². The summed E-state index contributed by atoms with van der Waals surface area (Å²) in [7, 11) is 0. The molecule has 0 saturated heterocycles. The Morgan fingerprint density at radius 1 is 1.12 bits per heavy atom. The minimum atomic E-state index is 0.126. The Hall–Kier alpha value is -2.73. The van der Waals surface area contributed by atoms with E-state index in [-0.39, 0.29) is 6.04 Å². The van der Waals surface area contributed by atoms with E-state index in [9.17, 15) is 0 Å². The standard InChI is InChI=1S/C19H21N5S/c1-15(17-7-9-18(10-8-17)24-14-20-13-22-24)23-19(25)21-12-11-16-5-3-2-4-6-16/h2-10,13-15H,11-12H2,1H3,(H2,21,23,25)/t15-/m0/s1. The van der Waals surface area contributed by atoms with E-state index in [1.165, 1.54) is 11.9 Å². The summed E-state index contributed by atoms with van der Waals surface area (Å²) in [6, 6.07) is 18.7. The highest BCUT2D eigenvalue weighted by Gasteiger charge is 2.07. The van der Waals surface area contributed by atoms with E-state index >= 15 is 0 Å². The molecule has 6 heteroatoms. The highest BCUT2D eigenvalue weighted by molar-refractivity contribution is 7.80. The summed E-state index contributed by atoms with van der Waals surface area (Å²) in [6.45, 7) is 2.91. The van der Waals surface area contributed by atoms with Gasteiger partial charge in [0.25, 0.3) is 0 Å². The predicted molar refractivity (Wildman–Crippen MR) is 104 cm³/mol. The summed E-state index contributed by atoms with van der Waals surface area (Å²) in [5, 5.41) is 11.4. The molecule has 2 aromatic carbocycles. The first-order valence-corrected chi connectivity index (χ1v) is 8.66. The van der Waals surface area contributed by atoms with Crippen LogP contribution in [0.5, 0.6) is 0 Å². The molecule has 1 atom stereocenters. The van der Waals surface area contributed by atoms with Gasteiger partial charge in [-0.1, -0.05) is 42.5 Å². The highest BCUT2D eigenvalue weighted by Crippen LogP contribution is 2.15. The van der Waals surface area contributed by atoms with Crippen LogP contribution in [0.4, 0.5) is 0 Å². The molecule has 3 aromatic rings. The summed E-state index contributed by atoms with van der Waals surface area (Å²) in [5.41, 5.74) is 3.45. The van der Waals surface area contributed by atoms with Gasteiger partial charge in [0.1, 0.15) is 12.7 Å². The number of nitrogens with one attached hydrogen (secondary N) is 2. The zero-order valence-electron chi connectivity index (χ0n) is 14.1. The van der Waals surface area contributed by atoms with Crippen molar-refractivity contribution < 1.29 is 0 Å². The Balaban J connectivity index is 1.48. The normalized spacial score (nSPS) is 11.7. The zero-order valence-corrected chi connectivity index (χ0v) is 14.9. The maximum Gasteiger partial charge on any atom is 0.166 e. The lowest BCUT2D eigenvalue weighted by molar-refractivity contribution is 0.696. The lowest BCUT2D eigenvalue weighted by atomic mass is 10.1. The van der Waals surface area contributed by atoms with E-state index in [4.69, 9.17) is 12.2 Å². The minimum absolute atomic E-state index is 0.126. The number of rotatable bonds is 6. The third kappa shape index (κ3) is 4.87. The smallest absolute Gasteiger partial charge is 0.166 e. The van der Waals surface area contributed by atoms with Crippen LogP contribution in [-0.2, 0) is 6.42 Å². The summed E-state index contributed by atoms with van der Waals surface area (Å²) in [5.74, 6) is 0. The maximum absolute atomic E-state index is 5.39. The monoisotopic (exact) mass is 351 g/mol. The van der Waals surface area contributed by atoms with Crippen molar-refractivity contribution in [2.24, 2.45) is 0 Å². The fourth-order valence-corrected chi connectivity index (χ4v) is 2.83. The average molecular weight is 351 g/mol. The molecule has 3 rings (SSSR count). The number of thiocarbonyl (C=S) groups is 1. The van der Waals surface area contributed by atoms with Gasteiger partial charge >= 0.3 is 0 Å². The molecule has 0 aliphatic carbocycles. The molecular formula is C19H21N5S. The molecule has 5 nitrogen and oxygen atoms in total. The van der Waals surface area contributed by atoms with Crippen molar-refractivity contribution in [1.29, 1.82) is 0 Å². The lowest BCUT2D eigenvalue weighted by Gasteiger charge is -2.17. The van der Waals surface area contributed by atoms with E-state index in [2.05, 4.69) is 64.0 Å². The number of benzene rings is 2. The van der Waals surface area contributed by atoms with E-state index in [1.807, 2.05) is 18.2 Å². The van der Waals surface area contributed by atoms with Crippen molar-refractivity contribution in [2.75, 3.05) is 6.54 Å². The molecule has 0 amide bonds. The second-order valence-corrected chi connectivity index (χ2v) is 6.20. The Bertz CT molecular complexity index is 784. The summed E-state index contributed by atoms with van der Waals surface area (Å²) >= 11 is 5.39. The first kappa shape index (κ1) is 17.1. The summed E-state index contributed by atoms with van der Waals surface area (Å²) in [4.78, 5) is 3.96. The molecule has 0 aliphatic heterocycles. The molecule has 0 aliphatic rings. The SMILES string of the molecule is C[C@H](NC(=S)NCCc1ccccc1)c1ccc(-n2cncn2)cc1. The first-order chi connectivity index (χ1) is 12.2. The van der Waals surface area contributed by atoms with Gasteiger partial charge in [-0.2, -0.15) is 5.10 Å². The van der Waals surface area contributed by atoms with Crippen molar-refractivity contribution in [3.8, 4) is 5.69 Å². The fraction of sp³-hybridized carbons (Fsp3) is 0.211. The molecule has 0 unspecified atom stereocenters. The van der Waals surface area contributed by atoms with Crippen molar-refractivity contribution in [1.82, 2.24) is 25.4 Å². The van der Waals surface area contributed by atoms with E-state index in [0.29, 0.717) is 5.11 Å². The van der Waals surface area contributed by atoms with Gasteiger partial charge in [0, 0.05) is 6.54 Å². The van der Waals surface area contributed by atoms with Gasteiger partial charge in [0.2, 0.25) is 0 Å². The van der Waals surface area contributed by atoms with Crippen LogP contribution < -0.4 is 10.6 Å². The summed E-state index contributed by atoms with van der Waals surface area (Å²) in [6.07, 6.45) is 4.16. The maximum atomic E-state index is 5.39. The quantitative estimate of drug-likeness (QED) is 0.669. The minimum Gasteiger partial charge on any atom is -0.362 e. The van der Waals surface area contributed by atoms with Crippen LogP contribution >= 0.6 is 12.2 Å². The molecule has 0 fully saturated rings. The third-order valence-corrected chi connectivity index (χ3v) is 4.23. The van der Waals surface area contributed by atoms with Crippen molar-refractivity contribution >= 4 is 17.3 Å². The summed E-state index contributed by atoms with van der Waals surface area (Å²) < 4.78 is 1.73. The van der Waals surface area contributed by atoms with Crippen LogP contribution in [-0.4, -0.2) is 26.4 Å². The molecule has 0 saturated carbocycles. The highest BCUT2D eigenvalue weighted by atomic mass is 32.1. The zero-order chi connectivity index (χ0) is 17.5. The van der Waals surface area contributed by atoms with E-state index in [0.717, 1.165) is 24.2 Å². The lowest BCUT2D eigenvalue weighted by Crippen LogP contribution is -2.37. The van der Waals surface area contributed by atoms with Crippen LogP contribution in [0.15, 0.2) is 67.3 Å². The van der Waals surface area contributed by atoms with Crippen LogP contribution in [0.1, 0.15) is 24.1 Å². The second-order valence-electron chi connectivity index (χ2n) is 5.79. The first-order valence-electron chi connectivity index (χ1n) is 8.25. The molecule has 0 spiro atoms. The van der Waals surface area contributed by atoms with Gasteiger partial charge in [0.15, 0.2) is 5.11 Å². The van der Waals surface area contributed by atoms with Crippen LogP contribution in [0.3, 0.4) is 0 Å². The molecule has 128 valence electrons. The third-order valence-electron chi connectivity index (χ3n) is 3.97. The molecule has 0 radical (unpaired) electrons. The molecule has 0 bridgehead atoms. The van der Waals surface area contributed by atoms with Gasteiger partial charge in [-0.25, -0.2) is 9.67 Å². The fourth-order valence-electron chi connectivity index (χ4n) is 2.55. The Kier molecular flexibility index (Phi) is 5.74. The largest absolute Gasteiger partial charge is 0.362 e. The number of hydrogen-bond acceptors (Lipinski definition) is 3. The van der Waals surface area contributed by atoms with Gasteiger partial charge in [-0.15, -0.1) is 0 Å². The molecule has 25 heavy (non-hydrogen) atoms. The molecule has 1 aromatic heterocycles. The number of nitrogens with zero attached hydrogens (tertiary/aromatic N) is 3. The van der Waals surface area contributed by atoms with Gasteiger partial charge < -0.3 is 10.6 Å². The topological polar surface area (TPSA) is 54.8 Å². The Morgan fingerprint density at radius 2 is 1.88 bits per heavy atom. The Morgan fingerprint density at radius 3 is 2.56 bits per heavy atom. The van der Waals surface area contributed by atoms with Crippen LogP contribution in [0.25, 0.3) is 5.69 Å². The molecule has 2 N–H and O–H groups in total. The van der Waals surface area contributed by atoms with Crippen LogP contribution in [0.2, 0.25) is 0 Å². The predicted octanol–water partition coefficient (Wildman–Crippen LogP) is 3.04. The Labute approximate surface area is 153 Å². The van der Waals surface area contributed by atoms with Crippen LogP contribution in [0, 0.1) is 0 Å². The average Bonchev–Trinajstić information content (AvgIpc) is 3.17. The van der Waals surface area contributed by atoms with Crippen molar-refractivity contribution in [3.63, 3.8) is 0 Å². The van der Waals surface area contributed by atoms with Gasteiger partial charge in [-0.3, -0.25) is 0 Å². The molecular weight excluding hydrogens is 330 g/mol. The molecule has 1 heterocycles. The second kappa shape index (κ2) is 8.39. The van der Waals surface area contributed by atoms with Crippen molar-refractivity contribution in [2.45, 2.75) is 19.4 Å². The number of hydrogen-bond donors (Lipinski definition) is 2. The number of aromatic nitrogens is 3. The van der Waals surface area contributed by atoms with Gasteiger partial charge in [0.05, 0.1) is 11.7 Å². The van der Waals surface area contributed by atoms with Crippen molar-refractivity contribution in [3.05, 3.63) is 78.4 Å².